The third kappa shape index (κ3) is 4.51. The van der Waals surface area contributed by atoms with Crippen LogP contribution >= 0.6 is 11.6 Å². The summed E-state index contributed by atoms with van der Waals surface area (Å²) >= 11 is 6.24. The minimum absolute atomic E-state index is 0.00437. The highest BCUT2D eigenvalue weighted by Crippen LogP contribution is 2.39. The van der Waals surface area contributed by atoms with Crippen LogP contribution in [0.5, 0.6) is 0 Å². The van der Waals surface area contributed by atoms with Crippen LogP contribution in [-0.4, -0.2) is 42.5 Å². The van der Waals surface area contributed by atoms with E-state index in [0.29, 0.717) is 18.0 Å². The summed E-state index contributed by atoms with van der Waals surface area (Å²) in [6, 6.07) is 13.1. The van der Waals surface area contributed by atoms with Crippen LogP contribution < -0.4 is 15.1 Å². The molecule has 1 saturated heterocycles. The molecule has 0 radical (unpaired) electrons. The monoisotopic (exact) mass is 468 g/mol. The molecular formula is C25H29ClN4O3. The van der Waals surface area contributed by atoms with Gasteiger partial charge in [-0.05, 0) is 49.1 Å². The number of hydrogen-bond acceptors (Lipinski definition) is 5. The number of carbonyl (C=O) groups excluding carboxylic acids is 1. The van der Waals surface area contributed by atoms with Crippen LogP contribution in [0.3, 0.4) is 0 Å². The second kappa shape index (κ2) is 9.21. The lowest BCUT2D eigenvalue weighted by atomic mass is 9.82. The van der Waals surface area contributed by atoms with E-state index < -0.39 is 0 Å². The summed E-state index contributed by atoms with van der Waals surface area (Å²) in [7, 11) is 0. The predicted molar refractivity (Wildman–Crippen MR) is 130 cm³/mol. The van der Waals surface area contributed by atoms with E-state index in [9.17, 15) is 14.9 Å². The molecule has 1 amide bonds. The molecule has 2 heterocycles. The smallest absolute Gasteiger partial charge is 0.269 e. The molecule has 1 saturated carbocycles. The van der Waals surface area contributed by atoms with Crippen LogP contribution in [0.2, 0.25) is 5.02 Å². The predicted octanol–water partition coefficient (Wildman–Crippen LogP) is 4.56. The Morgan fingerprint density at radius 3 is 2.67 bits per heavy atom. The fraction of sp³-hybridized carbons (Fsp3) is 0.480. The zero-order chi connectivity index (χ0) is 22.9. The summed E-state index contributed by atoms with van der Waals surface area (Å²) in [4.78, 5) is 29.1. The Balaban J connectivity index is 1.45. The summed E-state index contributed by atoms with van der Waals surface area (Å²) in [5.74, 6) is -0.189. The van der Waals surface area contributed by atoms with E-state index in [4.69, 9.17) is 11.6 Å². The summed E-state index contributed by atoms with van der Waals surface area (Å²) in [5.41, 5.74) is 3.04. The Labute approximate surface area is 198 Å². The molecule has 174 valence electrons. The van der Waals surface area contributed by atoms with Crippen LogP contribution in [-0.2, 0) is 11.2 Å². The van der Waals surface area contributed by atoms with E-state index in [1.54, 1.807) is 12.1 Å². The van der Waals surface area contributed by atoms with Gasteiger partial charge in [0.05, 0.1) is 16.9 Å². The fourth-order valence-corrected chi connectivity index (χ4v) is 5.87. The lowest BCUT2D eigenvalue weighted by Gasteiger charge is -2.49. The van der Waals surface area contributed by atoms with Crippen LogP contribution in [0.4, 0.5) is 17.1 Å². The van der Waals surface area contributed by atoms with Crippen molar-refractivity contribution in [2.45, 2.75) is 50.6 Å². The highest BCUT2D eigenvalue weighted by Gasteiger charge is 2.42. The van der Waals surface area contributed by atoms with Crippen molar-refractivity contribution in [3.63, 3.8) is 0 Å². The van der Waals surface area contributed by atoms with E-state index in [1.165, 1.54) is 6.42 Å². The van der Waals surface area contributed by atoms with Gasteiger partial charge >= 0.3 is 0 Å². The van der Waals surface area contributed by atoms with E-state index in [1.807, 2.05) is 24.3 Å². The van der Waals surface area contributed by atoms with Crippen molar-refractivity contribution >= 4 is 34.6 Å². The first-order chi connectivity index (χ1) is 16.0. The first-order valence-corrected chi connectivity index (χ1v) is 12.2. The SMILES string of the molecule is O=C(NC1CCCCC1)[C@@H]1Cc2cc([N+](=O)[O-])ccc2N2CCN(c3cccc(Cl)c3)C[C@H]12. The molecule has 8 heteroatoms. The minimum atomic E-state index is -0.361. The Morgan fingerprint density at radius 2 is 1.91 bits per heavy atom. The first kappa shape index (κ1) is 22.0. The molecule has 2 fully saturated rings. The summed E-state index contributed by atoms with van der Waals surface area (Å²) in [6.07, 6.45) is 6.12. The van der Waals surface area contributed by atoms with Gasteiger partial charge in [-0.2, -0.15) is 0 Å². The zero-order valence-corrected chi connectivity index (χ0v) is 19.3. The number of amides is 1. The Hall–Kier alpha value is -2.80. The van der Waals surface area contributed by atoms with Crippen molar-refractivity contribution in [3.05, 3.63) is 63.2 Å². The third-order valence-electron chi connectivity index (χ3n) is 7.37. The average molecular weight is 469 g/mol. The van der Waals surface area contributed by atoms with Crippen LogP contribution in [0.15, 0.2) is 42.5 Å². The second-order valence-electron chi connectivity index (χ2n) is 9.41. The molecule has 2 aromatic rings. The number of anilines is 2. The number of benzene rings is 2. The molecule has 2 atom stereocenters. The quantitative estimate of drug-likeness (QED) is 0.525. The van der Waals surface area contributed by atoms with Gasteiger partial charge in [0.2, 0.25) is 5.91 Å². The molecule has 5 rings (SSSR count). The maximum atomic E-state index is 13.5. The van der Waals surface area contributed by atoms with Crippen LogP contribution in [0.25, 0.3) is 0 Å². The topological polar surface area (TPSA) is 78.7 Å². The highest BCUT2D eigenvalue weighted by atomic mass is 35.5. The molecular weight excluding hydrogens is 440 g/mol. The van der Waals surface area contributed by atoms with E-state index in [-0.39, 0.29) is 34.5 Å². The molecule has 2 aliphatic heterocycles. The maximum absolute atomic E-state index is 13.5. The van der Waals surface area contributed by atoms with Gasteiger partial charge in [0.15, 0.2) is 0 Å². The number of fused-ring (bicyclic) bond motifs is 3. The third-order valence-corrected chi connectivity index (χ3v) is 7.60. The first-order valence-electron chi connectivity index (χ1n) is 11.8. The van der Waals surface area contributed by atoms with Gasteiger partial charge < -0.3 is 15.1 Å². The van der Waals surface area contributed by atoms with Crippen molar-refractivity contribution in [2.75, 3.05) is 29.4 Å². The number of nitrogens with one attached hydrogen (secondary N) is 1. The van der Waals surface area contributed by atoms with E-state index in [0.717, 1.165) is 55.7 Å². The average Bonchev–Trinajstić information content (AvgIpc) is 2.83. The van der Waals surface area contributed by atoms with Gasteiger partial charge in [0.1, 0.15) is 0 Å². The Kier molecular flexibility index (Phi) is 6.15. The maximum Gasteiger partial charge on any atom is 0.269 e. The molecule has 7 nitrogen and oxygen atoms in total. The van der Waals surface area contributed by atoms with Gasteiger partial charge in [-0.1, -0.05) is 36.9 Å². The molecule has 1 N–H and O–H groups in total. The van der Waals surface area contributed by atoms with Crippen molar-refractivity contribution in [1.29, 1.82) is 0 Å². The van der Waals surface area contributed by atoms with Crippen molar-refractivity contribution in [2.24, 2.45) is 5.92 Å². The van der Waals surface area contributed by atoms with Gasteiger partial charge in [0.25, 0.3) is 5.69 Å². The zero-order valence-electron chi connectivity index (χ0n) is 18.6. The van der Waals surface area contributed by atoms with Gasteiger partial charge in [-0.15, -0.1) is 0 Å². The summed E-state index contributed by atoms with van der Waals surface area (Å²) < 4.78 is 0. The minimum Gasteiger partial charge on any atom is -0.368 e. The molecule has 0 aromatic heterocycles. The van der Waals surface area contributed by atoms with Gasteiger partial charge in [0, 0.05) is 54.2 Å². The largest absolute Gasteiger partial charge is 0.368 e. The molecule has 0 spiro atoms. The van der Waals surface area contributed by atoms with Crippen molar-refractivity contribution in [3.8, 4) is 0 Å². The van der Waals surface area contributed by atoms with E-state index >= 15 is 0 Å². The summed E-state index contributed by atoms with van der Waals surface area (Å²) in [5, 5.41) is 15.4. The Morgan fingerprint density at radius 1 is 1.09 bits per heavy atom. The number of piperazine rings is 1. The number of nitro benzene ring substituents is 1. The van der Waals surface area contributed by atoms with Crippen LogP contribution in [0.1, 0.15) is 37.7 Å². The number of halogens is 1. The number of non-ortho nitro benzene ring substituents is 1. The van der Waals surface area contributed by atoms with Gasteiger partial charge in [-0.3, -0.25) is 14.9 Å². The number of rotatable bonds is 4. The Bertz CT molecular complexity index is 1060. The van der Waals surface area contributed by atoms with E-state index in [2.05, 4.69) is 21.2 Å². The van der Waals surface area contributed by atoms with Crippen LogP contribution in [0, 0.1) is 16.0 Å². The van der Waals surface area contributed by atoms with Gasteiger partial charge in [-0.25, -0.2) is 0 Å². The number of carbonyl (C=O) groups is 1. The second-order valence-corrected chi connectivity index (χ2v) is 9.85. The fourth-order valence-electron chi connectivity index (χ4n) is 5.69. The molecule has 0 bridgehead atoms. The van der Waals surface area contributed by atoms with Crippen molar-refractivity contribution in [1.82, 2.24) is 5.32 Å². The molecule has 1 aliphatic carbocycles. The highest BCUT2D eigenvalue weighted by molar-refractivity contribution is 6.30. The lowest BCUT2D eigenvalue weighted by Crippen LogP contribution is -2.61. The number of nitro groups is 1. The molecule has 33 heavy (non-hydrogen) atoms. The summed E-state index contributed by atoms with van der Waals surface area (Å²) in [6.45, 7) is 2.25. The number of hydrogen-bond donors (Lipinski definition) is 1. The molecule has 2 aromatic carbocycles. The normalized spacial score (nSPS) is 22.9. The number of nitrogens with zero attached hydrogens (tertiary/aromatic N) is 3. The standard InChI is InChI=1S/C25H29ClN4O3/c26-18-5-4-8-20(15-18)28-11-12-29-23-10-9-21(30(32)33)13-17(23)14-22(24(29)16-28)25(31)27-19-6-2-1-3-7-19/h4-5,8-10,13,15,19,22,24H,1-3,6-7,11-12,14,16H2,(H,27,31)/t22-,24-/m1/s1. The molecule has 0 unspecified atom stereocenters. The molecule has 3 aliphatic rings. The lowest BCUT2D eigenvalue weighted by molar-refractivity contribution is -0.384. The van der Waals surface area contributed by atoms with Crippen molar-refractivity contribution < 1.29 is 9.72 Å².